The van der Waals surface area contributed by atoms with Crippen molar-refractivity contribution in [1.82, 2.24) is 9.21 Å². The van der Waals surface area contributed by atoms with Crippen LogP contribution in [0.4, 0.5) is 22.0 Å². The molecule has 162 valence electrons. The third-order valence-corrected chi connectivity index (χ3v) is 6.32. The maximum Gasteiger partial charge on any atom is 0.573 e. The second-order valence-electron chi connectivity index (χ2n) is 6.32. The molecule has 0 radical (unpaired) electrons. The Hall–Kier alpha value is -2.73. The zero-order valence-electron chi connectivity index (χ0n) is 15.2. The standard InChI is InChI=1S/C18H15F5N2O4S/c19-15-3-1-2-14(16(15)20)17(26)24-8-10-25(11-9-24)30(27,28)13-6-4-12(5-7-13)29-18(21,22)23/h1-7H,8-11H2. The quantitative estimate of drug-likeness (QED) is 0.672. The van der Waals surface area contributed by atoms with Crippen LogP contribution in [0.15, 0.2) is 47.4 Å². The number of carbonyl (C=O) groups is 1. The first-order valence-corrected chi connectivity index (χ1v) is 10.0. The number of nitrogens with zero attached hydrogens (tertiary/aromatic N) is 2. The fourth-order valence-electron chi connectivity index (χ4n) is 2.93. The number of ether oxygens (including phenoxy) is 1. The molecule has 1 aliphatic heterocycles. The van der Waals surface area contributed by atoms with Gasteiger partial charge >= 0.3 is 6.36 Å². The zero-order chi connectivity index (χ0) is 22.1. The van der Waals surface area contributed by atoms with Crippen LogP contribution in [0, 0.1) is 11.6 Å². The van der Waals surface area contributed by atoms with E-state index in [0.717, 1.165) is 40.7 Å². The van der Waals surface area contributed by atoms with E-state index in [2.05, 4.69) is 4.74 Å². The summed E-state index contributed by atoms with van der Waals surface area (Å²) in [6.07, 6.45) is -4.90. The van der Waals surface area contributed by atoms with Gasteiger partial charge in [0, 0.05) is 26.2 Å². The van der Waals surface area contributed by atoms with Gasteiger partial charge in [0.15, 0.2) is 11.6 Å². The molecule has 0 aromatic heterocycles. The van der Waals surface area contributed by atoms with Crippen LogP contribution in [0.1, 0.15) is 10.4 Å². The Morgan fingerprint density at radius 2 is 1.53 bits per heavy atom. The molecule has 6 nitrogen and oxygen atoms in total. The van der Waals surface area contributed by atoms with E-state index in [9.17, 15) is 35.2 Å². The van der Waals surface area contributed by atoms with Gasteiger partial charge in [-0.25, -0.2) is 17.2 Å². The molecular formula is C18H15F5N2O4S. The summed E-state index contributed by atoms with van der Waals surface area (Å²) in [7, 11) is -4.03. The predicted octanol–water partition coefficient (Wildman–Crippen LogP) is 3.01. The lowest BCUT2D eigenvalue weighted by atomic mass is 10.1. The summed E-state index contributed by atoms with van der Waals surface area (Å²) < 4.78 is 93.9. The monoisotopic (exact) mass is 450 g/mol. The predicted molar refractivity (Wildman–Crippen MR) is 94.1 cm³/mol. The minimum atomic E-state index is -4.90. The minimum Gasteiger partial charge on any atom is -0.406 e. The molecule has 3 rings (SSSR count). The van der Waals surface area contributed by atoms with Crippen LogP contribution in [0.3, 0.4) is 0 Å². The van der Waals surface area contributed by atoms with E-state index < -0.39 is 45.2 Å². The maximum atomic E-state index is 13.8. The van der Waals surface area contributed by atoms with Gasteiger partial charge in [-0.05, 0) is 36.4 Å². The molecular weight excluding hydrogens is 435 g/mol. The number of halogens is 5. The first kappa shape index (κ1) is 22.0. The second kappa shape index (κ2) is 8.19. The minimum absolute atomic E-state index is 0.0662. The largest absolute Gasteiger partial charge is 0.573 e. The lowest BCUT2D eigenvalue weighted by molar-refractivity contribution is -0.274. The van der Waals surface area contributed by atoms with Gasteiger partial charge in [-0.15, -0.1) is 13.2 Å². The number of sulfonamides is 1. The molecule has 12 heteroatoms. The maximum absolute atomic E-state index is 13.8. The van der Waals surface area contributed by atoms with Crippen molar-refractivity contribution in [1.29, 1.82) is 0 Å². The molecule has 1 amide bonds. The third kappa shape index (κ3) is 4.70. The average Bonchev–Trinajstić information content (AvgIpc) is 2.69. The van der Waals surface area contributed by atoms with Gasteiger partial charge in [-0.1, -0.05) is 6.07 Å². The molecule has 0 saturated carbocycles. The van der Waals surface area contributed by atoms with Crippen molar-refractivity contribution in [3.63, 3.8) is 0 Å². The molecule has 0 atom stereocenters. The number of amides is 1. The number of piperazine rings is 1. The van der Waals surface area contributed by atoms with Gasteiger partial charge in [0.05, 0.1) is 10.5 Å². The summed E-state index contributed by atoms with van der Waals surface area (Å²) in [5, 5.41) is 0. The molecule has 0 aliphatic carbocycles. The van der Waals surface area contributed by atoms with Crippen molar-refractivity contribution >= 4 is 15.9 Å². The molecule has 0 N–H and O–H groups in total. The Balaban J connectivity index is 1.68. The van der Waals surface area contributed by atoms with Crippen molar-refractivity contribution < 1.29 is 39.9 Å². The Bertz CT molecular complexity index is 1030. The van der Waals surface area contributed by atoms with E-state index in [1.165, 1.54) is 11.0 Å². The van der Waals surface area contributed by atoms with E-state index >= 15 is 0 Å². The van der Waals surface area contributed by atoms with Crippen LogP contribution in [-0.2, 0) is 10.0 Å². The highest BCUT2D eigenvalue weighted by Crippen LogP contribution is 2.26. The van der Waals surface area contributed by atoms with Crippen molar-refractivity contribution in [3.05, 3.63) is 59.7 Å². The topological polar surface area (TPSA) is 66.9 Å². The molecule has 2 aromatic carbocycles. The number of benzene rings is 2. The van der Waals surface area contributed by atoms with E-state index in [1.54, 1.807) is 0 Å². The molecule has 0 spiro atoms. The molecule has 1 fully saturated rings. The summed E-state index contributed by atoms with van der Waals surface area (Å²) in [4.78, 5) is 13.4. The summed E-state index contributed by atoms with van der Waals surface area (Å²) in [5.74, 6) is -3.77. The molecule has 1 saturated heterocycles. The number of rotatable bonds is 4. The normalized spacial score (nSPS) is 15.8. The van der Waals surface area contributed by atoms with Gasteiger partial charge < -0.3 is 9.64 Å². The molecule has 0 unspecified atom stereocenters. The summed E-state index contributed by atoms with van der Waals surface area (Å²) >= 11 is 0. The second-order valence-corrected chi connectivity index (χ2v) is 8.25. The molecule has 1 aliphatic rings. The van der Waals surface area contributed by atoms with Crippen molar-refractivity contribution in [2.24, 2.45) is 0 Å². The summed E-state index contributed by atoms with van der Waals surface area (Å²) in [6, 6.07) is 6.93. The van der Waals surface area contributed by atoms with Crippen LogP contribution in [-0.4, -0.2) is 56.1 Å². The van der Waals surface area contributed by atoms with Gasteiger partial charge in [0.2, 0.25) is 10.0 Å². The van der Waals surface area contributed by atoms with Crippen LogP contribution >= 0.6 is 0 Å². The third-order valence-electron chi connectivity index (χ3n) is 4.40. The SMILES string of the molecule is O=C(c1cccc(F)c1F)N1CCN(S(=O)(=O)c2ccc(OC(F)(F)F)cc2)CC1. The first-order chi connectivity index (χ1) is 14.0. The van der Waals surface area contributed by atoms with Crippen molar-refractivity contribution in [2.45, 2.75) is 11.3 Å². The lowest BCUT2D eigenvalue weighted by Crippen LogP contribution is -2.50. The Morgan fingerprint density at radius 3 is 2.10 bits per heavy atom. The van der Waals surface area contributed by atoms with E-state index in [4.69, 9.17) is 0 Å². The van der Waals surface area contributed by atoms with E-state index in [1.807, 2.05) is 0 Å². The smallest absolute Gasteiger partial charge is 0.406 e. The number of hydrogen-bond donors (Lipinski definition) is 0. The molecule has 30 heavy (non-hydrogen) atoms. The van der Waals surface area contributed by atoms with Crippen LogP contribution in [0.5, 0.6) is 5.75 Å². The van der Waals surface area contributed by atoms with Crippen LogP contribution in [0.2, 0.25) is 0 Å². The van der Waals surface area contributed by atoms with Gasteiger partial charge in [0.1, 0.15) is 5.75 Å². The first-order valence-electron chi connectivity index (χ1n) is 8.58. The summed E-state index contributed by atoms with van der Waals surface area (Å²) in [6.45, 7) is -0.371. The van der Waals surface area contributed by atoms with Gasteiger partial charge in [-0.2, -0.15) is 4.31 Å². The molecule has 0 bridgehead atoms. The van der Waals surface area contributed by atoms with Crippen molar-refractivity contribution in [3.8, 4) is 5.75 Å². The highest BCUT2D eigenvalue weighted by molar-refractivity contribution is 7.89. The zero-order valence-corrected chi connectivity index (χ0v) is 16.0. The van der Waals surface area contributed by atoms with E-state index in [0.29, 0.717) is 0 Å². The van der Waals surface area contributed by atoms with Crippen LogP contribution < -0.4 is 4.74 Å². The average molecular weight is 450 g/mol. The number of carbonyl (C=O) groups excluding carboxylic acids is 1. The molecule has 2 aromatic rings. The Morgan fingerprint density at radius 1 is 0.933 bits per heavy atom. The summed E-state index contributed by atoms with van der Waals surface area (Å²) in [5.41, 5.74) is -0.452. The number of hydrogen-bond acceptors (Lipinski definition) is 4. The molecule has 1 heterocycles. The van der Waals surface area contributed by atoms with Crippen LogP contribution in [0.25, 0.3) is 0 Å². The Kier molecular flexibility index (Phi) is 5.99. The van der Waals surface area contributed by atoms with Crippen molar-refractivity contribution in [2.75, 3.05) is 26.2 Å². The fourth-order valence-corrected chi connectivity index (χ4v) is 4.36. The highest BCUT2D eigenvalue weighted by atomic mass is 32.2. The van der Waals surface area contributed by atoms with Gasteiger partial charge in [0.25, 0.3) is 5.91 Å². The highest BCUT2D eigenvalue weighted by Gasteiger charge is 2.33. The fraction of sp³-hybridized carbons (Fsp3) is 0.278. The van der Waals surface area contributed by atoms with Gasteiger partial charge in [-0.3, -0.25) is 4.79 Å². The lowest BCUT2D eigenvalue weighted by Gasteiger charge is -2.34. The van der Waals surface area contributed by atoms with E-state index in [-0.39, 0.29) is 31.1 Å². The Labute approximate surface area is 168 Å². The number of alkyl halides is 3.